The van der Waals surface area contributed by atoms with E-state index < -0.39 is 0 Å². The summed E-state index contributed by atoms with van der Waals surface area (Å²) < 4.78 is 2.76. The molecule has 26 heavy (non-hydrogen) atoms. The van der Waals surface area contributed by atoms with Gasteiger partial charge in [0.2, 0.25) is 0 Å². The number of benzene rings is 1. The first-order valence-electron chi connectivity index (χ1n) is 8.70. The smallest absolute Gasteiger partial charge is 0.278 e. The quantitative estimate of drug-likeness (QED) is 0.667. The Bertz CT molecular complexity index is 888. The Labute approximate surface area is 158 Å². The fourth-order valence-electron chi connectivity index (χ4n) is 2.91. The molecule has 1 amide bonds. The number of carbonyl (C=O) groups is 1. The lowest BCUT2D eigenvalue weighted by atomic mass is 10.1. The van der Waals surface area contributed by atoms with Gasteiger partial charge in [0.15, 0.2) is 5.13 Å². The van der Waals surface area contributed by atoms with Crippen molar-refractivity contribution in [2.45, 2.75) is 20.3 Å². The summed E-state index contributed by atoms with van der Waals surface area (Å²) in [5, 5.41) is 4.89. The van der Waals surface area contributed by atoms with Crippen LogP contribution in [0.25, 0.3) is 10.2 Å². The molecule has 0 aliphatic carbocycles. The minimum Gasteiger partial charge on any atom is -0.309 e. The molecule has 0 aliphatic rings. The SMILES string of the molecule is Cc1ccc(C)c2sc(N(CCCN(C)C)C(=O)c3ccnn3C)nc12. The summed E-state index contributed by atoms with van der Waals surface area (Å²) >= 11 is 1.59. The number of aromatic nitrogens is 3. The Morgan fingerprint density at radius 3 is 2.50 bits per heavy atom. The number of hydrogen-bond acceptors (Lipinski definition) is 5. The van der Waals surface area contributed by atoms with Crippen LogP contribution in [0.2, 0.25) is 0 Å². The first-order valence-corrected chi connectivity index (χ1v) is 9.51. The number of amides is 1. The largest absolute Gasteiger partial charge is 0.309 e. The molecule has 2 heterocycles. The minimum absolute atomic E-state index is 0.0573. The van der Waals surface area contributed by atoms with Gasteiger partial charge >= 0.3 is 0 Å². The molecular weight excluding hydrogens is 346 g/mol. The average Bonchev–Trinajstić information content (AvgIpc) is 3.21. The van der Waals surface area contributed by atoms with Crippen molar-refractivity contribution in [1.82, 2.24) is 19.7 Å². The number of nitrogens with zero attached hydrogens (tertiary/aromatic N) is 5. The van der Waals surface area contributed by atoms with Gasteiger partial charge in [0.05, 0.1) is 10.2 Å². The van der Waals surface area contributed by atoms with Crippen LogP contribution in [-0.2, 0) is 7.05 Å². The van der Waals surface area contributed by atoms with Crippen LogP contribution in [0.15, 0.2) is 24.4 Å². The maximum atomic E-state index is 13.2. The normalized spacial score (nSPS) is 11.5. The minimum atomic E-state index is -0.0573. The van der Waals surface area contributed by atoms with Crippen LogP contribution in [0.1, 0.15) is 28.0 Å². The van der Waals surface area contributed by atoms with Crippen molar-refractivity contribution in [2.24, 2.45) is 7.05 Å². The molecule has 3 rings (SSSR count). The molecule has 3 aromatic rings. The van der Waals surface area contributed by atoms with Crippen LogP contribution in [-0.4, -0.2) is 52.8 Å². The van der Waals surface area contributed by atoms with E-state index in [4.69, 9.17) is 4.98 Å². The molecule has 0 aliphatic heterocycles. The van der Waals surface area contributed by atoms with Crippen molar-refractivity contribution < 1.29 is 4.79 Å². The maximum Gasteiger partial charge on any atom is 0.278 e. The van der Waals surface area contributed by atoms with Crippen molar-refractivity contribution in [3.8, 4) is 0 Å². The van der Waals surface area contributed by atoms with Gasteiger partial charge in [0.25, 0.3) is 5.91 Å². The summed E-state index contributed by atoms with van der Waals surface area (Å²) in [6.45, 7) is 5.69. The summed E-state index contributed by atoms with van der Waals surface area (Å²) in [6.07, 6.45) is 2.53. The summed E-state index contributed by atoms with van der Waals surface area (Å²) in [5.74, 6) is -0.0573. The van der Waals surface area contributed by atoms with Gasteiger partial charge in [-0.1, -0.05) is 23.5 Å². The van der Waals surface area contributed by atoms with E-state index in [1.807, 2.05) is 14.1 Å². The molecule has 1 aromatic carbocycles. The Balaban J connectivity index is 2.00. The third-order valence-electron chi connectivity index (χ3n) is 4.43. The molecule has 0 atom stereocenters. The maximum absolute atomic E-state index is 13.2. The van der Waals surface area contributed by atoms with Gasteiger partial charge < -0.3 is 4.90 Å². The van der Waals surface area contributed by atoms with E-state index in [2.05, 4.69) is 36.0 Å². The number of anilines is 1. The Morgan fingerprint density at radius 2 is 1.88 bits per heavy atom. The topological polar surface area (TPSA) is 54.3 Å². The van der Waals surface area contributed by atoms with Gasteiger partial charge in [-0.05, 0) is 58.1 Å². The number of hydrogen-bond donors (Lipinski definition) is 0. The fourth-order valence-corrected chi connectivity index (χ4v) is 4.05. The van der Waals surface area contributed by atoms with Crippen molar-refractivity contribution in [3.05, 3.63) is 41.2 Å². The molecule has 0 unspecified atom stereocenters. The van der Waals surface area contributed by atoms with Crippen LogP contribution in [0.5, 0.6) is 0 Å². The summed E-state index contributed by atoms with van der Waals surface area (Å²) in [7, 11) is 5.87. The molecule has 138 valence electrons. The predicted octanol–water partition coefficient (Wildman–Crippen LogP) is 3.25. The van der Waals surface area contributed by atoms with E-state index in [0.717, 1.165) is 33.9 Å². The monoisotopic (exact) mass is 371 g/mol. The van der Waals surface area contributed by atoms with E-state index in [1.54, 1.807) is 40.2 Å². The molecule has 0 saturated heterocycles. The zero-order valence-corrected chi connectivity index (χ0v) is 16.8. The van der Waals surface area contributed by atoms with E-state index in [-0.39, 0.29) is 5.91 Å². The van der Waals surface area contributed by atoms with Gasteiger partial charge in [-0.25, -0.2) is 4.98 Å². The first-order chi connectivity index (χ1) is 12.4. The van der Waals surface area contributed by atoms with Gasteiger partial charge in [-0.3, -0.25) is 14.4 Å². The third kappa shape index (κ3) is 3.64. The fraction of sp³-hybridized carbons (Fsp3) is 0.421. The average molecular weight is 372 g/mol. The highest BCUT2D eigenvalue weighted by Crippen LogP contribution is 2.33. The standard InChI is InChI=1S/C19H25N5OS/c1-13-7-8-14(2)17-16(13)21-19(26-17)24(12-6-11-22(3)4)18(25)15-9-10-20-23(15)5/h7-10H,6,11-12H2,1-5H3. The number of aryl methyl sites for hydroxylation is 3. The van der Waals surface area contributed by atoms with Gasteiger partial charge in [0.1, 0.15) is 5.69 Å². The lowest BCUT2D eigenvalue weighted by Gasteiger charge is -2.21. The second-order valence-electron chi connectivity index (χ2n) is 6.83. The van der Waals surface area contributed by atoms with Crippen LogP contribution in [0.4, 0.5) is 5.13 Å². The first kappa shape index (κ1) is 18.5. The Kier molecular flexibility index (Phi) is 5.38. The zero-order chi connectivity index (χ0) is 18.8. The number of rotatable bonds is 6. The van der Waals surface area contributed by atoms with Crippen molar-refractivity contribution in [2.75, 3.05) is 32.1 Å². The Hall–Kier alpha value is -2.25. The van der Waals surface area contributed by atoms with E-state index in [1.165, 1.54) is 5.56 Å². The molecule has 2 aromatic heterocycles. The molecule has 0 radical (unpaired) electrons. The summed E-state index contributed by atoms with van der Waals surface area (Å²) in [4.78, 5) is 21.9. The highest BCUT2D eigenvalue weighted by molar-refractivity contribution is 7.22. The number of thiazole rings is 1. The predicted molar refractivity (Wildman–Crippen MR) is 107 cm³/mol. The van der Waals surface area contributed by atoms with Gasteiger partial charge in [-0.2, -0.15) is 5.10 Å². The summed E-state index contributed by atoms with van der Waals surface area (Å²) in [5.41, 5.74) is 3.88. The molecule has 0 N–H and O–H groups in total. The lowest BCUT2D eigenvalue weighted by Crippen LogP contribution is -2.34. The number of carbonyl (C=O) groups excluding carboxylic acids is 1. The van der Waals surface area contributed by atoms with E-state index >= 15 is 0 Å². The Morgan fingerprint density at radius 1 is 1.15 bits per heavy atom. The van der Waals surface area contributed by atoms with Crippen LogP contribution < -0.4 is 4.90 Å². The highest BCUT2D eigenvalue weighted by atomic mass is 32.1. The molecule has 0 bridgehead atoms. The second-order valence-corrected chi connectivity index (χ2v) is 7.80. The third-order valence-corrected chi connectivity index (χ3v) is 5.65. The van der Waals surface area contributed by atoms with E-state index in [0.29, 0.717) is 12.2 Å². The molecule has 7 heteroatoms. The second kappa shape index (κ2) is 7.55. The van der Waals surface area contributed by atoms with Gasteiger partial charge in [0, 0.05) is 19.8 Å². The molecule has 0 spiro atoms. The molecule has 6 nitrogen and oxygen atoms in total. The van der Waals surface area contributed by atoms with Crippen LogP contribution in [0, 0.1) is 13.8 Å². The highest BCUT2D eigenvalue weighted by Gasteiger charge is 2.24. The van der Waals surface area contributed by atoms with Crippen molar-refractivity contribution >= 4 is 32.6 Å². The van der Waals surface area contributed by atoms with Crippen LogP contribution in [0.3, 0.4) is 0 Å². The molecule has 0 fully saturated rings. The van der Waals surface area contributed by atoms with Crippen LogP contribution >= 0.6 is 11.3 Å². The lowest BCUT2D eigenvalue weighted by molar-refractivity contribution is 0.0977. The van der Waals surface area contributed by atoms with Crippen molar-refractivity contribution in [3.63, 3.8) is 0 Å². The molecule has 0 saturated carbocycles. The summed E-state index contributed by atoms with van der Waals surface area (Å²) in [6, 6.07) is 5.95. The van der Waals surface area contributed by atoms with Gasteiger partial charge in [-0.15, -0.1) is 0 Å². The van der Waals surface area contributed by atoms with Crippen molar-refractivity contribution in [1.29, 1.82) is 0 Å². The molecular formula is C19H25N5OS. The number of fused-ring (bicyclic) bond motifs is 1. The van der Waals surface area contributed by atoms with E-state index in [9.17, 15) is 4.79 Å². The zero-order valence-electron chi connectivity index (χ0n) is 16.0.